The maximum Gasteiger partial charge on any atom is 0.140 e. The van der Waals surface area contributed by atoms with E-state index in [2.05, 4.69) is 12.1 Å². The number of halogens is 1. The molecule has 0 radical (unpaired) electrons. The van der Waals surface area contributed by atoms with Crippen LogP contribution in [0.15, 0.2) is 35.2 Å². The van der Waals surface area contributed by atoms with Gasteiger partial charge >= 0.3 is 0 Å². The maximum atomic E-state index is 5.89. The van der Waals surface area contributed by atoms with E-state index in [1.807, 2.05) is 25.1 Å². The second-order valence-corrected chi connectivity index (χ2v) is 4.07. The Morgan fingerprint density at radius 2 is 2.08 bits per heavy atom. The minimum absolute atomic E-state index is 0.185. The van der Waals surface area contributed by atoms with Crippen molar-refractivity contribution in [1.29, 1.82) is 0 Å². The van der Waals surface area contributed by atoms with Crippen LogP contribution in [0.1, 0.15) is 6.92 Å². The molecule has 0 aliphatic rings. The van der Waals surface area contributed by atoms with Gasteiger partial charge in [0.25, 0.3) is 0 Å². The van der Waals surface area contributed by atoms with Crippen LogP contribution in [0.3, 0.4) is 0 Å². The SMILES string of the molecule is CCOC(Cl)CSc1ccccc1. The molecule has 13 heavy (non-hydrogen) atoms. The van der Waals surface area contributed by atoms with Gasteiger partial charge in [-0.3, -0.25) is 0 Å². The Morgan fingerprint density at radius 3 is 2.69 bits per heavy atom. The molecule has 0 aromatic heterocycles. The number of hydrogen-bond donors (Lipinski definition) is 0. The molecule has 0 heterocycles. The van der Waals surface area contributed by atoms with E-state index in [1.165, 1.54) is 4.90 Å². The summed E-state index contributed by atoms with van der Waals surface area (Å²) in [4.78, 5) is 1.23. The van der Waals surface area contributed by atoms with Crippen molar-refractivity contribution in [3.63, 3.8) is 0 Å². The lowest BCUT2D eigenvalue weighted by Gasteiger charge is -2.08. The highest BCUT2D eigenvalue weighted by Crippen LogP contribution is 2.19. The van der Waals surface area contributed by atoms with Crippen molar-refractivity contribution in [1.82, 2.24) is 0 Å². The van der Waals surface area contributed by atoms with Crippen LogP contribution in [0.4, 0.5) is 0 Å². The van der Waals surface area contributed by atoms with Crippen molar-refractivity contribution in [3.05, 3.63) is 30.3 Å². The molecule has 0 amide bonds. The third-order valence-electron chi connectivity index (χ3n) is 1.47. The highest BCUT2D eigenvalue weighted by atomic mass is 35.5. The normalized spacial score (nSPS) is 12.8. The first-order valence-electron chi connectivity index (χ1n) is 4.26. The van der Waals surface area contributed by atoms with Gasteiger partial charge in [0.2, 0.25) is 0 Å². The lowest BCUT2D eigenvalue weighted by molar-refractivity contribution is 0.135. The van der Waals surface area contributed by atoms with E-state index in [0.717, 1.165) is 5.75 Å². The number of ether oxygens (including phenoxy) is 1. The third kappa shape index (κ3) is 4.55. The molecule has 1 atom stereocenters. The van der Waals surface area contributed by atoms with Gasteiger partial charge in [0, 0.05) is 17.3 Å². The Labute approximate surface area is 88.4 Å². The summed E-state index contributed by atoms with van der Waals surface area (Å²) in [5.74, 6) is 0.791. The minimum atomic E-state index is -0.185. The molecule has 0 fully saturated rings. The van der Waals surface area contributed by atoms with Gasteiger partial charge in [-0.15, -0.1) is 11.8 Å². The van der Waals surface area contributed by atoms with Gasteiger partial charge in [-0.25, -0.2) is 0 Å². The summed E-state index contributed by atoms with van der Waals surface area (Å²) in [5.41, 5.74) is -0.185. The fraction of sp³-hybridized carbons (Fsp3) is 0.400. The molecule has 1 unspecified atom stereocenters. The van der Waals surface area contributed by atoms with Crippen molar-refractivity contribution in [3.8, 4) is 0 Å². The van der Waals surface area contributed by atoms with Gasteiger partial charge in [0.05, 0.1) is 0 Å². The number of benzene rings is 1. The van der Waals surface area contributed by atoms with Gasteiger partial charge in [-0.05, 0) is 19.1 Å². The molecule has 0 bridgehead atoms. The molecule has 3 heteroatoms. The molecular weight excluding hydrogens is 204 g/mol. The molecule has 0 aliphatic heterocycles. The molecule has 1 aromatic rings. The predicted octanol–water partition coefficient (Wildman–Crippen LogP) is 3.38. The van der Waals surface area contributed by atoms with E-state index >= 15 is 0 Å². The number of thioether (sulfide) groups is 1. The second kappa shape index (κ2) is 6.30. The molecule has 1 aromatic carbocycles. The topological polar surface area (TPSA) is 9.23 Å². The average molecular weight is 217 g/mol. The Bertz CT molecular complexity index is 228. The zero-order chi connectivity index (χ0) is 9.52. The summed E-state index contributed by atoms with van der Waals surface area (Å²) >= 11 is 7.60. The summed E-state index contributed by atoms with van der Waals surface area (Å²) < 4.78 is 5.21. The highest BCUT2D eigenvalue weighted by Gasteiger charge is 2.03. The van der Waals surface area contributed by atoms with Crippen LogP contribution in [-0.4, -0.2) is 17.9 Å². The summed E-state index contributed by atoms with van der Waals surface area (Å²) in [6, 6.07) is 10.2. The van der Waals surface area contributed by atoms with Crippen LogP contribution in [0, 0.1) is 0 Å². The smallest absolute Gasteiger partial charge is 0.140 e. The van der Waals surface area contributed by atoms with E-state index in [-0.39, 0.29) is 5.56 Å². The van der Waals surface area contributed by atoms with Gasteiger partial charge < -0.3 is 4.74 Å². The Kier molecular flexibility index (Phi) is 5.28. The first-order valence-corrected chi connectivity index (χ1v) is 5.68. The van der Waals surface area contributed by atoms with E-state index in [0.29, 0.717) is 6.61 Å². The van der Waals surface area contributed by atoms with Crippen molar-refractivity contribution in [2.75, 3.05) is 12.4 Å². The molecule has 0 N–H and O–H groups in total. The summed E-state index contributed by atoms with van der Waals surface area (Å²) in [6.45, 7) is 2.62. The average Bonchev–Trinajstić information content (AvgIpc) is 2.17. The largest absolute Gasteiger partial charge is 0.362 e. The number of alkyl halides is 1. The molecule has 0 aliphatic carbocycles. The molecule has 0 spiro atoms. The molecular formula is C10H13ClOS. The van der Waals surface area contributed by atoms with Crippen LogP contribution < -0.4 is 0 Å². The fourth-order valence-corrected chi connectivity index (χ4v) is 1.99. The summed E-state index contributed by atoms with van der Waals surface area (Å²) in [7, 11) is 0. The van der Waals surface area contributed by atoms with Gasteiger partial charge in [0.1, 0.15) is 5.56 Å². The van der Waals surface area contributed by atoms with Gasteiger partial charge in [0.15, 0.2) is 0 Å². The van der Waals surface area contributed by atoms with E-state index in [4.69, 9.17) is 16.3 Å². The Morgan fingerprint density at radius 1 is 1.38 bits per heavy atom. The quantitative estimate of drug-likeness (QED) is 0.551. The molecule has 0 saturated carbocycles. The molecule has 0 saturated heterocycles. The maximum absolute atomic E-state index is 5.89. The van der Waals surface area contributed by atoms with Gasteiger partial charge in [-0.2, -0.15) is 0 Å². The van der Waals surface area contributed by atoms with E-state index in [1.54, 1.807) is 11.8 Å². The monoisotopic (exact) mass is 216 g/mol. The van der Waals surface area contributed by atoms with Crippen LogP contribution in [0.2, 0.25) is 0 Å². The van der Waals surface area contributed by atoms with Crippen molar-refractivity contribution < 1.29 is 4.74 Å². The first kappa shape index (κ1) is 10.9. The van der Waals surface area contributed by atoms with E-state index < -0.39 is 0 Å². The van der Waals surface area contributed by atoms with Crippen molar-refractivity contribution in [2.45, 2.75) is 17.4 Å². The Hall–Kier alpha value is -0.180. The molecule has 1 rings (SSSR count). The third-order valence-corrected chi connectivity index (χ3v) is 3.01. The van der Waals surface area contributed by atoms with Crippen LogP contribution in [0.5, 0.6) is 0 Å². The standard InChI is InChI=1S/C10H13ClOS/c1-2-12-10(11)8-13-9-6-4-3-5-7-9/h3-7,10H,2,8H2,1H3. The zero-order valence-corrected chi connectivity index (χ0v) is 9.15. The number of rotatable bonds is 5. The van der Waals surface area contributed by atoms with Gasteiger partial charge in [-0.1, -0.05) is 29.8 Å². The lowest BCUT2D eigenvalue weighted by Crippen LogP contribution is -2.07. The minimum Gasteiger partial charge on any atom is -0.362 e. The van der Waals surface area contributed by atoms with E-state index in [9.17, 15) is 0 Å². The second-order valence-electron chi connectivity index (χ2n) is 2.49. The van der Waals surface area contributed by atoms with Crippen LogP contribution >= 0.6 is 23.4 Å². The fourth-order valence-electron chi connectivity index (χ4n) is 0.907. The van der Waals surface area contributed by atoms with Crippen molar-refractivity contribution >= 4 is 23.4 Å². The van der Waals surface area contributed by atoms with Crippen LogP contribution in [0.25, 0.3) is 0 Å². The zero-order valence-electron chi connectivity index (χ0n) is 7.57. The van der Waals surface area contributed by atoms with Crippen molar-refractivity contribution in [2.24, 2.45) is 0 Å². The highest BCUT2D eigenvalue weighted by molar-refractivity contribution is 7.99. The first-order chi connectivity index (χ1) is 6.33. The predicted molar refractivity (Wildman–Crippen MR) is 58.4 cm³/mol. The number of hydrogen-bond acceptors (Lipinski definition) is 2. The van der Waals surface area contributed by atoms with Crippen LogP contribution in [-0.2, 0) is 4.74 Å². The molecule has 72 valence electrons. The summed E-state index contributed by atoms with van der Waals surface area (Å²) in [6.07, 6.45) is 0. The molecule has 1 nitrogen and oxygen atoms in total. The Balaban J connectivity index is 2.27. The lowest BCUT2D eigenvalue weighted by atomic mass is 10.4. The summed E-state index contributed by atoms with van der Waals surface area (Å²) in [5, 5.41) is 0.